The highest BCUT2D eigenvalue weighted by Crippen LogP contribution is 2.05. The molecule has 4 atom stereocenters. The second-order valence-corrected chi connectivity index (χ2v) is 9.17. The molecule has 36 heavy (non-hydrogen) atoms. The fourth-order valence-corrected chi connectivity index (χ4v) is 3.72. The van der Waals surface area contributed by atoms with E-state index < -0.39 is 47.9 Å². The average Bonchev–Trinajstić information content (AvgIpc) is 3.34. The number of amides is 3. The van der Waals surface area contributed by atoms with Gasteiger partial charge in [0, 0.05) is 30.6 Å². The number of thiol groups is 1. The number of carbonyl (C=O) groups is 4. The summed E-state index contributed by atoms with van der Waals surface area (Å²) in [6.07, 6.45) is 5.73. The van der Waals surface area contributed by atoms with Crippen LogP contribution in [0.25, 0.3) is 0 Å². The highest BCUT2D eigenvalue weighted by molar-refractivity contribution is 7.98. The summed E-state index contributed by atoms with van der Waals surface area (Å²) in [7, 11) is 0. The van der Waals surface area contributed by atoms with Gasteiger partial charge in [-0.2, -0.15) is 24.4 Å². The number of imidazole rings is 1. The highest BCUT2D eigenvalue weighted by atomic mass is 32.2. The van der Waals surface area contributed by atoms with Crippen molar-refractivity contribution in [2.45, 2.75) is 49.9 Å². The van der Waals surface area contributed by atoms with Crippen molar-refractivity contribution in [2.75, 3.05) is 24.3 Å². The smallest absolute Gasteiger partial charge is 0.326 e. The maximum Gasteiger partial charge on any atom is 0.326 e. The number of nitrogens with one attached hydrogen (secondary N) is 4. The first-order valence-corrected chi connectivity index (χ1v) is 13.1. The summed E-state index contributed by atoms with van der Waals surface area (Å²) in [6, 6.07) is -4.26. The Balaban J connectivity index is 2.85. The van der Waals surface area contributed by atoms with Crippen LogP contribution in [0.5, 0.6) is 0 Å². The van der Waals surface area contributed by atoms with Crippen LogP contribution >= 0.6 is 24.4 Å². The average molecular weight is 546 g/mol. The number of thioether (sulfide) groups is 1. The third-order valence-electron chi connectivity index (χ3n) is 4.96. The van der Waals surface area contributed by atoms with Crippen molar-refractivity contribution < 1.29 is 24.3 Å². The van der Waals surface area contributed by atoms with E-state index in [0.717, 1.165) is 0 Å². The normalized spacial score (nSPS) is 14.1. The molecular weight excluding hydrogens is 510 g/mol. The molecule has 0 bridgehead atoms. The van der Waals surface area contributed by atoms with E-state index in [-0.39, 0.29) is 31.0 Å². The van der Waals surface area contributed by atoms with E-state index in [9.17, 15) is 24.3 Å². The Morgan fingerprint density at radius 2 is 1.75 bits per heavy atom. The second-order valence-electron chi connectivity index (χ2n) is 7.82. The molecule has 0 aliphatic heterocycles. The van der Waals surface area contributed by atoms with Gasteiger partial charge < -0.3 is 43.2 Å². The molecule has 3 amide bonds. The third-order valence-corrected chi connectivity index (χ3v) is 5.97. The molecule has 0 radical (unpaired) electrons. The van der Waals surface area contributed by atoms with Crippen molar-refractivity contribution >= 4 is 54.0 Å². The Labute approximate surface area is 218 Å². The molecule has 1 aromatic rings. The van der Waals surface area contributed by atoms with E-state index >= 15 is 0 Å². The van der Waals surface area contributed by atoms with Gasteiger partial charge in [-0.05, 0) is 31.3 Å². The number of H-pyrrole nitrogens is 1. The van der Waals surface area contributed by atoms with Crippen molar-refractivity contribution in [2.24, 2.45) is 22.2 Å². The van der Waals surface area contributed by atoms with Crippen LogP contribution in [0.4, 0.5) is 0 Å². The highest BCUT2D eigenvalue weighted by Gasteiger charge is 2.30. The topological polar surface area (TPSA) is 244 Å². The number of carbonyl (C=O) groups excluding carboxylic acids is 3. The molecule has 0 aliphatic carbocycles. The largest absolute Gasteiger partial charge is 0.480 e. The Hall–Kier alpha value is -2.98. The van der Waals surface area contributed by atoms with Gasteiger partial charge >= 0.3 is 5.97 Å². The summed E-state index contributed by atoms with van der Waals surface area (Å²) in [5.41, 5.74) is 17.0. The third kappa shape index (κ3) is 11.6. The Morgan fingerprint density at radius 3 is 2.31 bits per heavy atom. The molecule has 11 N–H and O–H groups in total. The van der Waals surface area contributed by atoms with Crippen LogP contribution in [0, 0.1) is 0 Å². The predicted molar refractivity (Wildman–Crippen MR) is 140 cm³/mol. The first-order valence-electron chi connectivity index (χ1n) is 11.1. The van der Waals surface area contributed by atoms with Crippen LogP contribution in [-0.4, -0.2) is 93.2 Å². The standard InChI is InChI=1S/C20H35N9O5S2/c1-36-6-4-13(19(33)34)27-18(32)15(9-35)29-17(31)14(7-11-8-24-10-26-11)28-16(30)12(21)3-2-5-25-20(22)23/h8,10,12-15,35H,2-7,9,21H2,1H3,(H,24,26)(H,27,32)(H,28,30)(H,29,31)(H,33,34)(H4,22,23,25). The van der Waals surface area contributed by atoms with Gasteiger partial charge in [0.25, 0.3) is 0 Å². The number of aromatic amines is 1. The van der Waals surface area contributed by atoms with Gasteiger partial charge in [-0.15, -0.1) is 0 Å². The number of carboxylic acids is 1. The molecule has 0 aromatic carbocycles. The number of carboxylic acid groups (broad SMARTS) is 1. The summed E-state index contributed by atoms with van der Waals surface area (Å²) in [5, 5.41) is 16.9. The van der Waals surface area contributed by atoms with Gasteiger partial charge in [0.1, 0.15) is 18.1 Å². The molecule has 1 rings (SSSR count). The number of hydrogen-bond acceptors (Lipinski definition) is 9. The van der Waals surface area contributed by atoms with Crippen LogP contribution in [-0.2, 0) is 25.6 Å². The maximum atomic E-state index is 13.0. The van der Waals surface area contributed by atoms with Crippen LogP contribution in [0.1, 0.15) is 25.0 Å². The minimum absolute atomic E-state index is 0.0463. The van der Waals surface area contributed by atoms with E-state index in [1.165, 1.54) is 24.3 Å². The first kappa shape index (κ1) is 31.1. The molecule has 1 aromatic heterocycles. The molecule has 0 fully saturated rings. The van der Waals surface area contributed by atoms with Crippen LogP contribution in [0.15, 0.2) is 17.5 Å². The Morgan fingerprint density at radius 1 is 1.11 bits per heavy atom. The fraction of sp³-hybridized carbons (Fsp3) is 0.600. The molecule has 0 saturated carbocycles. The Bertz CT molecular complexity index is 881. The van der Waals surface area contributed by atoms with Gasteiger partial charge in [0.15, 0.2) is 5.96 Å². The van der Waals surface area contributed by atoms with Crippen molar-refractivity contribution in [3.8, 4) is 0 Å². The van der Waals surface area contributed by atoms with Crippen molar-refractivity contribution in [3.05, 3.63) is 18.2 Å². The first-order chi connectivity index (χ1) is 17.1. The lowest BCUT2D eigenvalue weighted by atomic mass is 10.1. The lowest BCUT2D eigenvalue weighted by Crippen LogP contribution is -2.58. The van der Waals surface area contributed by atoms with Crippen LogP contribution in [0.3, 0.4) is 0 Å². The lowest BCUT2D eigenvalue weighted by molar-refractivity contribution is -0.142. The predicted octanol–water partition coefficient (Wildman–Crippen LogP) is -2.44. The van der Waals surface area contributed by atoms with E-state index in [1.54, 1.807) is 0 Å². The molecular formula is C20H35N9O5S2. The zero-order valence-electron chi connectivity index (χ0n) is 20.0. The van der Waals surface area contributed by atoms with Crippen molar-refractivity contribution in [1.82, 2.24) is 25.9 Å². The number of aliphatic carboxylic acids is 1. The number of hydrogen-bond donors (Lipinski definition) is 9. The number of nitrogens with two attached hydrogens (primary N) is 3. The summed E-state index contributed by atoms with van der Waals surface area (Å²) in [4.78, 5) is 60.4. The van der Waals surface area contributed by atoms with Crippen molar-refractivity contribution in [3.63, 3.8) is 0 Å². The molecule has 14 nitrogen and oxygen atoms in total. The number of aromatic nitrogens is 2. The molecule has 1 heterocycles. The summed E-state index contributed by atoms with van der Waals surface area (Å²) in [6.45, 7) is 0.300. The van der Waals surface area contributed by atoms with Gasteiger partial charge in [-0.1, -0.05) is 0 Å². The molecule has 0 spiro atoms. The van der Waals surface area contributed by atoms with E-state index in [0.29, 0.717) is 24.4 Å². The molecule has 0 saturated heterocycles. The number of rotatable bonds is 17. The minimum Gasteiger partial charge on any atom is -0.480 e. The molecule has 0 aliphatic rings. The fourth-order valence-electron chi connectivity index (χ4n) is 2.99. The van der Waals surface area contributed by atoms with Gasteiger partial charge in [-0.3, -0.25) is 19.4 Å². The SMILES string of the molecule is CSCCC(NC(=O)C(CS)NC(=O)C(Cc1cnc[nH]1)NC(=O)C(N)CCCN=C(N)N)C(=O)O. The van der Waals surface area contributed by atoms with Gasteiger partial charge in [0.05, 0.1) is 12.4 Å². The minimum atomic E-state index is -1.18. The van der Waals surface area contributed by atoms with Gasteiger partial charge in [0.2, 0.25) is 17.7 Å². The monoisotopic (exact) mass is 545 g/mol. The Kier molecular flexibility index (Phi) is 14.4. The zero-order valence-corrected chi connectivity index (χ0v) is 21.7. The number of guanidine groups is 1. The van der Waals surface area contributed by atoms with E-state index in [1.807, 2.05) is 6.26 Å². The quantitative estimate of drug-likeness (QED) is 0.0433. The molecule has 16 heteroatoms. The number of nitrogens with zero attached hydrogens (tertiary/aromatic N) is 2. The summed E-state index contributed by atoms with van der Waals surface area (Å²) >= 11 is 5.56. The molecule has 4 unspecified atom stereocenters. The second kappa shape index (κ2) is 16.6. The van der Waals surface area contributed by atoms with Crippen LogP contribution in [0.2, 0.25) is 0 Å². The van der Waals surface area contributed by atoms with Crippen molar-refractivity contribution in [1.29, 1.82) is 0 Å². The van der Waals surface area contributed by atoms with E-state index in [2.05, 4.69) is 43.5 Å². The summed E-state index contributed by atoms with van der Waals surface area (Å²) in [5.74, 6) is -2.76. The van der Waals surface area contributed by atoms with Gasteiger partial charge in [-0.25, -0.2) is 9.78 Å². The molecule has 202 valence electrons. The number of aliphatic imine (C=N–C) groups is 1. The van der Waals surface area contributed by atoms with E-state index in [4.69, 9.17) is 17.2 Å². The summed E-state index contributed by atoms with van der Waals surface area (Å²) < 4.78 is 0. The zero-order chi connectivity index (χ0) is 27.1. The van der Waals surface area contributed by atoms with Crippen LogP contribution < -0.4 is 33.2 Å². The lowest BCUT2D eigenvalue weighted by Gasteiger charge is -2.24. The maximum absolute atomic E-state index is 13.0.